The van der Waals surface area contributed by atoms with Gasteiger partial charge in [0.25, 0.3) is 0 Å². The van der Waals surface area contributed by atoms with Gasteiger partial charge in [-0.05, 0) is 0 Å². The topological polar surface area (TPSA) is 45.2 Å². The van der Waals surface area contributed by atoms with E-state index in [0.29, 0.717) is 5.15 Å². The second kappa shape index (κ2) is 5.93. The van der Waals surface area contributed by atoms with Gasteiger partial charge < -0.3 is 9.80 Å². The molecule has 1 saturated heterocycles. The van der Waals surface area contributed by atoms with Crippen LogP contribution in [0.15, 0.2) is 17.6 Å². The highest BCUT2D eigenvalue weighted by atomic mass is 35.5. The lowest BCUT2D eigenvalue weighted by Crippen LogP contribution is -2.46. The van der Waals surface area contributed by atoms with Crippen LogP contribution in [-0.4, -0.2) is 41.1 Å². The lowest BCUT2D eigenvalue weighted by Gasteiger charge is -2.35. The van der Waals surface area contributed by atoms with Crippen LogP contribution in [0.3, 0.4) is 0 Å². The number of nitrogens with zero attached hydrogens (tertiary/aromatic N) is 5. The Kier molecular flexibility index (Phi) is 4.03. The fourth-order valence-electron chi connectivity index (χ4n) is 2.27. The highest BCUT2D eigenvalue weighted by Crippen LogP contribution is 2.22. The maximum Gasteiger partial charge on any atom is 0.185 e. The van der Waals surface area contributed by atoms with Crippen molar-refractivity contribution in [2.45, 2.75) is 13.3 Å². The Hall–Kier alpha value is -1.40. The molecule has 3 heterocycles. The normalized spacial score (nSPS) is 15.7. The van der Waals surface area contributed by atoms with Gasteiger partial charge in [0, 0.05) is 50.2 Å². The van der Waals surface area contributed by atoms with Gasteiger partial charge in [-0.2, -0.15) is 0 Å². The maximum atomic E-state index is 6.06. The molecule has 2 aromatic rings. The molecule has 0 amide bonds. The molecule has 20 heavy (non-hydrogen) atoms. The molecule has 2 aromatic heterocycles. The predicted octanol–water partition coefficient (Wildman–Crippen LogP) is 2.48. The first kappa shape index (κ1) is 13.6. The Bertz CT molecular complexity index is 566. The second-order valence-corrected chi connectivity index (χ2v) is 5.87. The van der Waals surface area contributed by atoms with Crippen molar-refractivity contribution in [1.82, 2.24) is 15.0 Å². The predicted molar refractivity (Wildman–Crippen MR) is 83.0 cm³/mol. The molecule has 1 fully saturated rings. The number of aryl methyl sites for hydroxylation is 1. The third kappa shape index (κ3) is 2.86. The zero-order valence-electron chi connectivity index (χ0n) is 11.3. The molecule has 0 N–H and O–H groups in total. The SMILES string of the molecule is CCc1nc(Cl)cc(N2CCN(c3nccs3)CC2)n1. The van der Waals surface area contributed by atoms with E-state index in [1.807, 2.05) is 24.6 Å². The average molecular weight is 310 g/mol. The Morgan fingerprint density at radius 1 is 1.20 bits per heavy atom. The highest BCUT2D eigenvalue weighted by molar-refractivity contribution is 7.13. The van der Waals surface area contributed by atoms with E-state index in [1.54, 1.807) is 11.3 Å². The first-order valence-electron chi connectivity index (χ1n) is 6.69. The average Bonchev–Trinajstić information content (AvgIpc) is 3.01. The molecule has 0 aromatic carbocycles. The largest absolute Gasteiger partial charge is 0.353 e. The quantitative estimate of drug-likeness (QED) is 0.815. The molecule has 1 aliphatic rings. The zero-order valence-corrected chi connectivity index (χ0v) is 12.9. The molecule has 0 unspecified atom stereocenters. The monoisotopic (exact) mass is 309 g/mol. The fourth-order valence-corrected chi connectivity index (χ4v) is 3.16. The zero-order chi connectivity index (χ0) is 13.9. The van der Waals surface area contributed by atoms with Crippen LogP contribution >= 0.6 is 22.9 Å². The summed E-state index contributed by atoms with van der Waals surface area (Å²) in [7, 11) is 0. The molecule has 3 rings (SSSR count). The molecule has 5 nitrogen and oxygen atoms in total. The van der Waals surface area contributed by atoms with E-state index in [-0.39, 0.29) is 0 Å². The van der Waals surface area contributed by atoms with Crippen LogP contribution in [0.5, 0.6) is 0 Å². The first-order valence-corrected chi connectivity index (χ1v) is 7.95. The molecule has 0 radical (unpaired) electrons. The summed E-state index contributed by atoms with van der Waals surface area (Å²) in [5, 5.41) is 3.63. The van der Waals surface area contributed by atoms with Gasteiger partial charge in [0.05, 0.1) is 0 Å². The van der Waals surface area contributed by atoms with Gasteiger partial charge in [0.15, 0.2) is 5.13 Å². The van der Waals surface area contributed by atoms with E-state index in [4.69, 9.17) is 11.6 Å². The second-order valence-electron chi connectivity index (χ2n) is 4.61. The van der Waals surface area contributed by atoms with Gasteiger partial charge in [-0.3, -0.25) is 0 Å². The van der Waals surface area contributed by atoms with E-state index >= 15 is 0 Å². The van der Waals surface area contributed by atoms with E-state index in [1.165, 1.54) is 0 Å². The van der Waals surface area contributed by atoms with Crippen molar-refractivity contribution >= 4 is 33.9 Å². The van der Waals surface area contributed by atoms with Crippen molar-refractivity contribution in [3.05, 3.63) is 28.6 Å². The third-order valence-corrected chi connectivity index (χ3v) is 4.36. The molecule has 0 saturated carbocycles. The van der Waals surface area contributed by atoms with Crippen molar-refractivity contribution in [2.24, 2.45) is 0 Å². The van der Waals surface area contributed by atoms with Crippen molar-refractivity contribution in [3.8, 4) is 0 Å². The van der Waals surface area contributed by atoms with Crippen LogP contribution in [-0.2, 0) is 6.42 Å². The van der Waals surface area contributed by atoms with Gasteiger partial charge in [-0.15, -0.1) is 11.3 Å². The maximum absolute atomic E-state index is 6.06. The van der Waals surface area contributed by atoms with Gasteiger partial charge >= 0.3 is 0 Å². The van der Waals surface area contributed by atoms with Crippen molar-refractivity contribution in [2.75, 3.05) is 36.0 Å². The Morgan fingerprint density at radius 3 is 2.60 bits per heavy atom. The van der Waals surface area contributed by atoms with Gasteiger partial charge in [0.2, 0.25) is 0 Å². The van der Waals surface area contributed by atoms with Gasteiger partial charge in [0.1, 0.15) is 16.8 Å². The van der Waals surface area contributed by atoms with Crippen molar-refractivity contribution in [3.63, 3.8) is 0 Å². The number of thiazole rings is 1. The number of anilines is 2. The molecule has 0 aliphatic carbocycles. The summed E-state index contributed by atoms with van der Waals surface area (Å²) < 4.78 is 0. The standard InChI is InChI=1S/C13H16ClN5S/c1-2-11-16-10(14)9-12(17-11)18-4-6-19(7-5-18)13-15-3-8-20-13/h3,8-9H,2,4-7H2,1H3. The lowest BCUT2D eigenvalue weighted by atomic mass is 10.3. The van der Waals surface area contributed by atoms with Crippen molar-refractivity contribution < 1.29 is 0 Å². The highest BCUT2D eigenvalue weighted by Gasteiger charge is 2.20. The summed E-state index contributed by atoms with van der Waals surface area (Å²) in [6.07, 6.45) is 2.65. The smallest absolute Gasteiger partial charge is 0.185 e. The van der Waals surface area contributed by atoms with Gasteiger partial charge in [-0.1, -0.05) is 18.5 Å². The van der Waals surface area contributed by atoms with Crippen LogP contribution < -0.4 is 9.80 Å². The molecule has 0 bridgehead atoms. The van der Waals surface area contributed by atoms with Crippen LogP contribution in [0.2, 0.25) is 5.15 Å². The molecule has 7 heteroatoms. The minimum Gasteiger partial charge on any atom is -0.353 e. The van der Waals surface area contributed by atoms with Crippen LogP contribution in [0, 0.1) is 0 Å². The molecular weight excluding hydrogens is 294 g/mol. The minimum atomic E-state index is 0.522. The number of hydrogen-bond donors (Lipinski definition) is 0. The van der Waals surface area contributed by atoms with E-state index < -0.39 is 0 Å². The molecular formula is C13H16ClN5S. The fraction of sp³-hybridized carbons (Fsp3) is 0.462. The molecule has 106 valence electrons. The minimum absolute atomic E-state index is 0.522. The first-order chi connectivity index (χ1) is 9.76. The van der Waals surface area contributed by atoms with Crippen LogP contribution in [0.4, 0.5) is 10.9 Å². The summed E-state index contributed by atoms with van der Waals surface area (Å²) in [5.41, 5.74) is 0. The van der Waals surface area contributed by atoms with E-state index in [0.717, 1.165) is 49.4 Å². The van der Waals surface area contributed by atoms with Crippen LogP contribution in [0.1, 0.15) is 12.7 Å². The van der Waals surface area contributed by atoms with Crippen molar-refractivity contribution in [1.29, 1.82) is 0 Å². The summed E-state index contributed by atoms with van der Waals surface area (Å²) in [6, 6.07) is 1.85. The number of rotatable bonds is 3. The Balaban J connectivity index is 1.70. The number of piperazine rings is 1. The molecule has 0 spiro atoms. The summed E-state index contributed by atoms with van der Waals surface area (Å²) in [6.45, 7) is 5.80. The number of halogens is 1. The number of aromatic nitrogens is 3. The molecule has 1 aliphatic heterocycles. The van der Waals surface area contributed by atoms with Crippen LogP contribution in [0.25, 0.3) is 0 Å². The Morgan fingerprint density at radius 2 is 1.95 bits per heavy atom. The molecule has 0 atom stereocenters. The van der Waals surface area contributed by atoms with E-state index in [9.17, 15) is 0 Å². The third-order valence-electron chi connectivity index (χ3n) is 3.34. The number of hydrogen-bond acceptors (Lipinski definition) is 6. The Labute approximate surface area is 127 Å². The van der Waals surface area contributed by atoms with E-state index in [2.05, 4.69) is 24.8 Å². The van der Waals surface area contributed by atoms with Gasteiger partial charge in [-0.25, -0.2) is 15.0 Å². The summed E-state index contributed by atoms with van der Waals surface area (Å²) >= 11 is 7.75. The lowest BCUT2D eigenvalue weighted by molar-refractivity contribution is 0.643. The summed E-state index contributed by atoms with van der Waals surface area (Å²) in [5.74, 6) is 1.73. The summed E-state index contributed by atoms with van der Waals surface area (Å²) in [4.78, 5) is 17.7.